The summed E-state index contributed by atoms with van der Waals surface area (Å²) in [4.78, 5) is 10.1. The van der Waals surface area contributed by atoms with Crippen LogP contribution in [0.4, 0.5) is 0 Å². The average Bonchev–Trinajstić information content (AvgIpc) is 3.00. The van der Waals surface area contributed by atoms with Gasteiger partial charge >= 0.3 is 0 Å². The van der Waals surface area contributed by atoms with E-state index in [1.165, 1.54) is 38.2 Å². The Labute approximate surface area is 103 Å². The number of hydrogen-bond acceptors (Lipinski definition) is 2. The van der Waals surface area contributed by atoms with E-state index in [0.29, 0.717) is 6.61 Å². The summed E-state index contributed by atoms with van der Waals surface area (Å²) < 4.78 is 5.68. The largest absolute Gasteiger partial charge is 0.377 e. The van der Waals surface area contributed by atoms with Gasteiger partial charge in [-0.3, -0.25) is 4.79 Å². The van der Waals surface area contributed by atoms with Gasteiger partial charge in [-0.25, -0.2) is 0 Å². The van der Waals surface area contributed by atoms with Crippen molar-refractivity contribution in [2.24, 2.45) is 29.6 Å². The van der Waals surface area contributed by atoms with Crippen molar-refractivity contribution in [3.05, 3.63) is 12.2 Å². The van der Waals surface area contributed by atoms with E-state index in [4.69, 9.17) is 4.74 Å². The summed E-state index contributed by atoms with van der Waals surface area (Å²) in [5, 5.41) is 0. The fraction of sp³-hybridized carbons (Fsp3) is 0.800. The number of carbonyl (C=O) groups is 1. The molecule has 0 amide bonds. The van der Waals surface area contributed by atoms with E-state index in [-0.39, 0.29) is 0 Å². The van der Waals surface area contributed by atoms with Gasteiger partial charge in [-0.1, -0.05) is 12.5 Å². The Kier molecular flexibility index (Phi) is 3.32. The summed E-state index contributed by atoms with van der Waals surface area (Å²) in [6.45, 7) is 1.51. The molecule has 5 unspecified atom stereocenters. The molecular weight excluding hydrogens is 212 g/mol. The van der Waals surface area contributed by atoms with Crippen molar-refractivity contribution in [1.29, 1.82) is 0 Å². The minimum Gasteiger partial charge on any atom is -0.377 e. The second kappa shape index (κ2) is 4.93. The van der Waals surface area contributed by atoms with E-state index in [1.54, 1.807) is 6.08 Å². The van der Waals surface area contributed by atoms with E-state index in [9.17, 15) is 4.79 Å². The molecule has 0 heterocycles. The van der Waals surface area contributed by atoms with Crippen molar-refractivity contribution < 1.29 is 9.53 Å². The Bertz CT molecular complexity index is 310. The summed E-state index contributed by atoms with van der Waals surface area (Å²) in [5.74, 6) is 4.90. The third-order valence-electron chi connectivity index (χ3n) is 5.33. The molecule has 0 radical (unpaired) electrons. The highest BCUT2D eigenvalue weighted by Crippen LogP contribution is 2.60. The second-order valence-corrected chi connectivity index (χ2v) is 6.02. The van der Waals surface area contributed by atoms with E-state index in [0.717, 1.165) is 42.5 Å². The second-order valence-electron chi connectivity index (χ2n) is 6.02. The molecule has 3 aliphatic carbocycles. The van der Waals surface area contributed by atoms with Crippen molar-refractivity contribution in [2.45, 2.75) is 32.1 Å². The Hall–Kier alpha value is -0.630. The normalized spacial score (nSPS) is 43.4. The number of fused-ring (bicyclic) bond motifs is 5. The van der Waals surface area contributed by atoms with Crippen LogP contribution in [0.3, 0.4) is 0 Å². The maximum Gasteiger partial charge on any atom is 0.142 e. The zero-order chi connectivity index (χ0) is 11.7. The van der Waals surface area contributed by atoms with Gasteiger partial charge in [-0.05, 0) is 61.3 Å². The first-order valence-corrected chi connectivity index (χ1v) is 7.08. The van der Waals surface area contributed by atoms with Crippen molar-refractivity contribution in [2.75, 3.05) is 13.2 Å². The number of carbonyl (C=O) groups excluding carboxylic acids is 1. The number of aldehydes is 1. The van der Waals surface area contributed by atoms with Crippen molar-refractivity contribution >= 4 is 6.29 Å². The summed E-state index contributed by atoms with van der Waals surface area (Å²) in [5.41, 5.74) is 0. The topological polar surface area (TPSA) is 26.3 Å². The summed E-state index contributed by atoms with van der Waals surface area (Å²) in [6.07, 6.45) is 11.5. The molecule has 0 aromatic rings. The summed E-state index contributed by atoms with van der Waals surface area (Å²) >= 11 is 0. The lowest BCUT2D eigenvalue weighted by atomic mass is 9.76. The van der Waals surface area contributed by atoms with Gasteiger partial charge in [0, 0.05) is 0 Å². The Morgan fingerprint density at radius 1 is 1.12 bits per heavy atom. The number of hydrogen-bond donors (Lipinski definition) is 0. The molecular formula is C15H22O2. The molecule has 5 atom stereocenters. The summed E-state index contributed by atoms with van der Waals surface area (Å²) in [7, 11) is 0. The average molecular weight is 234 g/mol. The first-order valence-electron chi connectivity index (χ1n) is 7.08. The molecule has 3 fully saturated rings. The molecule has 0 N–H and O–H groups in total. The van der Waals surface area contributed by atoms with Gasteiger partial charge in [0.05, 0.1) is 13.2 Å². The monoisotopic (exact) mass is 234 g/mol. The zero-order valence-corrected chi connectivity index (χ0v) is 10.4. The van der Waals surface area contributed by atoms with Crippen LogP contribution in [0, 0.1) is 29.6 Å². The summed E-state index contributed by atoms with van der Waals surface area (Å²) in [6, 6.07) is 0. The van der Waals surface area contributed by atoms with Gasteiger partial charge in [0.15, 0.2) is 0 Å². The molecule has 0 saturated heterocycles. The molecule has 0 aromatic heterocycles. The minimum atomic E-state index is 0.598. The lowest BCUT2D eigenvalue weighted by Crippen LogP contribution is -2.27. The van der Waals surface area contributed by atoms with Crippen molar-refractivity contribution in [3.8, 4) is 0 Å². The molecule has 3 aliphatic rings. The molecule has 0 aliphatic heterocycles. The van der Waals surface area contributed by atoms with Crippen LogP contribution in [0.2, 0.25) is 0 Å². The molecule has 2 bridgehead atoms. The van der Waals surface area contributed by atoms with Crippen LogP contribution in [0.1, 0.15) is 32.1 Å². The van der Waals surface area contributed by atoms with Crippen LogP contribution < -0.4 is 0 Å². The SMILES string of the molecule is O=CC=CCOCC1CC2CC1C1CCCC21. The third kappa shape index (κ3) is 2.08. The smallest absolute Gasteiger partial charge is 0.142 e. The van der Waals surface area contributed by atoms with Gasteiger partial charge in [0.25, 0.3) is 0 Å². The molecule has 2 heteroatoms. The van der Waals surface area contributed by atoms with Crippen LogP contribution >= 0.6 is 0 Å². The van der Waals surface area contributed by atoms with Gasteiger partial charge in [0.1, 0.15) is 6.29 Å². The Balaban J connectivity index is 1.47. The lowest BCUT2D eigenvalue weighted by molar-refractivity contribution is -0.104. The quantitative estimate of drug-likeness (QED) is 0.415. The fourth-order valence-electron chi connectivity index (χ4n) is 4.80. The maximum absolute atomic E-state index is 10.1. The van der Waals surface area contributed by atoms with Crippen molar-refractivity contribution in [3.63, 3.8) is 0 Å². The van der Waals surface area contributed by atoms with E-state index >= 15 is 0 Å². The standard InChI is InChI=1S/C15H22O2/c16-6-1-2-7-17-10-12-8-11-9-15(12)14-5-3-4-13(11)14/h1-2,6,11-15H,3-5,7-10H2. The molecule has 94 valence electrons. The highest BCUT2D eigenvalue weighted by Gasteiger charge is 2.53. The van der Waals surface area contributed by atoms with Crippen LogP contribution in [-0.4, -0.2) is 19.5 Å². The lowest BCUT2D eigenvalue weighted by Gasteiger charge is -2.31. The number of ether oxygens (including phenoxy) is 1. The molecule has 3 rings (SSSR count). The van der Waals surface area contributed by atoms with Crippen LogP contribution in [0.15, 0.2) is 12.2 Å². The maximum atomic E-state index is 10.1. The van der Waals surface area contributed by atoms with Crippen LogP contribution in [0.25, 0.3) is 0 Å². The first-order chi connectivity index (χ1) is 8.40. The zero-order valence-electron chi connectivity index (χ0n) is 10.4. The highest BCUT2D eigenvalue weighted by atomic mass is 16.5. The molecule has 2 nitrogen and oxygen atoms in total. The van der Waals surface area contributed by atoms with Crippen molar-refractivity contribution in [1.82, 2.24) is 0 Å². The van der Waals surface area contributed by atoms with Gasteiger partial charge in [0.2, 0.25) is 0 Å². The van der Waals surface area contributed by atoms with Gasteiger partial charge in [-0.15, -0.1) is 0 Å². The number of allylic oxidation sites excluding steroid dienone is 1. The molecule has 17 heavy (non-hydrogen) atoms. The molecule has 3 saturated carbocycles. The molecule has 0 spiro atoms. The van der Waals surface area contributed by atoms with Gasteiger partial charge < -0.3 is 4.74 Å². The van der Waals surface area contributed by atoms with Crippen LogP contribution in [-0.2, 0) is 9.53 Å². The van der Waals surface area contributed by atoms with E-state index in [1.807, 2.05) is 0 Å². The van der Waals surface area contributed by atoms with E-state index in [2.05, 4.69) is 0 Å². The first kappa shape index (κ1) is 11.5. The van der Waals surface area contributed by atoms with Crippen LogP contribution in [0.5, 0.6) is 0 Å². The molecule has 0 aromatic carbocycles. The minimum absolute atomic E-state index is 0.598. The van der Waals surface area contributed by atoms with E-state index < -0.39 is 0 Å². The predicted molar refractivity (Wildman–Crippen MR) is 66.6 cm³/mol. The predicted octanol–water partition coefficient (Wildman–Crippen LogP) is 2.83. The number of rotatable bonds is 5. The van der Waals surface area contributed by atoms with Gasteiger partial charge in [-0.2, -0.15) is 0 Å². The highest BCUT2D eigenvalue weighted by molar-refractivity contribution is 5.64. The Morgan fingerprint density at radius 3 is 2.88 bits per heavy atom. The fourth-order valence-corrected chi connectivity index (χ4v) is 4.80. The Morgan fingerprint density at radius 2 is 2.00 bits per heavy atom. The third-order valence-corrected chi connectivity index (χ3v) is 5.33.